The van der Waals surface area contributed by atoms with Crippen LogP contribution >= 0.6 is 0 Å². The number of carbonyl (C=O) groups excluding carboxylic acids is 2. The first-order chi connectivity index (χ1) is 8.51. The molecule has 0 aromatic heterocycles. The van der Waals surface area contributed by atoms with E-state index in [9.17, 15) is 19.8 Å². The van der Waals surface area contributed by atoms with E-state index in [4.69, 9.17) is 0 Å². The van der Waals surface area contributed by atoms with E-state index in [2.05, 4.69) is 9.47 Å². The molecule has 1 aromatic carbocycles. The molecule has 0 heterocycles. The Labute approximate surface area is 104 Å². The molecular weight excluding hydrogens is 240 g/mol. The third-order valence-corrected chi connectivity index (χ3v) is 2.43. The van der Waals surface area contributed by atoms with Gasteiger partial charge in [-0.1, -0.05) is 12.1 Å². The molecule has 1 rings (SSSR count). The smallest absolute Gasteiger partial charge is 0.339 e. The number of aliphatic hydroxyl groups is 1. The second kappa shape index (κ2) is 6.02. The maximum absolute atomic E-state index is 11.3. The van der Waals surface area contributed by atoms with Gasteiger partial charge in [-0.05, 0) is 11.6 Å². The Morgan fingerprint density at radius 2 is 1.94 bits per heavy atom. The lowest BCUT2D eigenvalue weighted by Gasteiger charge is -2.14. The van der Waals surface area contributed by atoms with Gasteiger partial charge in [-0.15, -0.1) is 0 Å². The fourth-order valence-electron chi connectivity index (χ4n) is 1.53. The highest BCUT2D eigenvalue weighted by Crippen LogP contribution is 2.29. The van der Waals surface area contributed by atoms with E-state index < -0.39 is 18.0 Å². The maximum atomic E-state index is 11.3. The fraction of sp³-hybridized carbons (Fsp3) is 0.333. The number of phenolic OH excluding ortho intramolecular Hbond substituents is 1. The molecule has 6 nitrogen and oxygen atoms in total. The van der Waals surface area contributed by atoms with Crippen LogP contribution in [-0.2, 0) is 25.5 Å². The van der Waals surface area contributed by atoms with Crippen molar-refractivity contribution in [2.75, 3.05) is 14.2 Å². The van der Waals surface area contributed by atoms with Gasteiger partial charge in [-0.3, -0.25) is 4.79 Å². The van der Waals surface area contributed by atoms with E-state index in [1.54, 1.807) is 0 Å². The van der Waals surface area contributed by atoms with Gasteiger partial charge in [0.15, 0.2) is 6.10 Å². The van der Waals surface area contributed by atoms with Crippen molar-refractivity contribution in [3.8, 4) is 5.75 Å². The van der Waals surface area contributed by atoms with Crippen LogP contribution in [0.15, 0.2) is 18.2 Å². The summed E-state index contributed by atoms with van der Waals surface area (Å²) in [5.41, 5.74) is 0.259. The molecule has 1 atom stereocenters. The zero-order valence-electron chi connectivity index (χ0n) is 10.0. The molecule has 0 aliphatic heterocycles. The number of aromatic hydroxyl groups is 1. The highest BCUT2D eigenvalue weighted by Gasteiger charge is 2.25. The van der Waals surface area contributed by atoms with Crippen LogP contribution in [0.25, 0.3) is 0 Å². The van der Waals surface area contributed by atoms with Crippen molar-refractivity contribution in [2.24, 2.45) is 0 Å². The summed E-state index contributed by atoms with van der Waals surface area (Å²) in [7, 11) is 2.34. The predicted molar refractivity (Wildman–Crippen MR) is 60.8 cm³/mol. The molecule has 6 heteroatoms. The van der Waals surface area contributed by atoms with Crippen molar-refractivity contribution in [3.05, 3.63) is 29.3 Å². The molecule has 0 fully saturated rings. The summed E-state index contributed by atoms with van der Waals surface area (Å²) in [6, 6.07) is 4.32. The summed E-state index contributed by atoms with van der Waals surface area (Å²) in [5, 5.41) is 19.4. The van der Waals surface area contributed by atoms with Gasteiger partial charge in [-0.2, -0.15) is 0 Å². The summed E-state index contributed by atoms with van der Waals surface area (Å²) in [4.78, 5) is 22.5. The van der Waals surface area contributed by atoms with Crippen LogP contribution in [0.3, 0.4) is 0 Å². The average molecular weight is 254 g/mol. The number of esters is 2. The zero-order chi connectivity index (χ0) is 13.7. The average Bonchev–Trinajstić information content (AvgIpc) is 2.37. The van der Waals surface area contributed by atoms with Crippen molar-refractivity contribution in [2.45, 2.75) is 12.5 Å². The minimum Gasteiger partial charge on any atom is -0.508 e. The number of carbonyl (C=O) groups is 2. The Kier molecular flexibility index (Phi) is 4.67. The highest BCUT2D eigenvalue weighted by atomic mass is 16.5. The molecular formula is C12H14O6. The first-order valence-electron chi connectivity index (χ1n) is 5.14. The van der Waals surface area contributed by atoms with Crippen LogP contribution in [0.5, 0.6) is 5.75 Å². The van der Waals surface area contributed by atoms with E-state index in [0.29, 0.717) is 5.56 Å². The Morgan fingerprint density at radius 3 is 2.50 bits per heavy atom. The van der Waals surface area contributed by atoms with Crippen LogP contribution in [0, 0.1) is 0 Å². The summed E-state index contributed by atoms with van der Waals surface area (Å²) >= 11 is 0. The number of hydrogen-bond acceptors (Lipinski definition) is 6. The Balaban J connectivity index is 3.15. The standard InChI is InChI=1S/C12H14O6/c1-17-9(14)6-7-4-3-5-8(13)10(7)11(15)12(16)18-2/h3-5,11,13,15H,6H2,1-2H3. The van der Waals surface area contributed by atoms with Gasteiger partial charge in [-0.25, -0.2) is 4.79 Å². The molecule has 2 N–H and O–H groups in total. The van der Waals surface area contributed by atoms with Crippen LogP contribution in [0.1, 0.15) is 17.2 Å². The quantitative estimate of drug-likeness (QED) is 0.751. The summed E-state index contributed by atoms with van der Waals surface area (Å²) in [5.74, 6) is -1.74. The Bertz CT molecular complexity index is 454. The molecule has 0 aliphatic carbocycles. The molecule has 0 radical (unpaired) electrons. The third kappa shape index (κ3) is 2.98. The molecule has 0 spiro atoms. The van der Waals surface area contributed by atoms with Crippen molar-refractivity contribution in [1.29, 1.82) is 0 Å². The van der Waals surface area contributed by atoms with Crippen molar-refractivity contribution in [1.82, 2.24) is 0 Å². The van der Waals surface area contributed by atoms with Crippen LogP contribution < -0.4 is 0 Å². The first-order valence-corrected chi connectivity index (χ1v) is 5.14. The SMILES string of the molecule is COC(=O)Cc1cccc(O)c1C(O)C(=O)OC. The Morgan fingerprint density at radius 1 is 1.28 bits per heavy atom. The molecule has 98 valence electrons. The van der Waals surface area contributed by atoms with Crippen molar-refractivity contribution < 1.29 is 29.3 Å². The van der Waals surface area contributed by atoms with Gasteiger partial charge in [0.25, 0.3) is 0 Å². The number of ether oxygens (including phenoxy) is 2. The van der Waals surface area contributed by atoms with E-state index in [1.807, 2.05) is 0 Å². The summed E-state index contributed by atoms with van der Waals surface area (Å²) in [6.45, 7) is 0. The van der Waals surface area contributed by atoms with Crippen LogP contribution in [0.4, 0.5) is 0 Å². The van der Waals surface area contributed by atoms with Crippen molar-refractivity contribution in [3.63, 3.8) is 0 Å². The third-order valence-electron chi connectivity index (χ3n) is 2.43. The highest BCUT2D eigenvalue weighted by molar-refractivity contribution is 5.79. The van der Waals surface area contributed by atoms with Crippen molar-refractivity contribution >= 4 is 11.9 Å². The minimum absolute atomic E-state index is 0.0465. The largest absolute Gasteiger partial charge is 0.508 e. The second-order valence-electron chi connectivity index (χ2n) is 3.53. The topological polar surface area (TPSA) is 93.1 Å². The molecule has 1 unspecified atom stereocenters. The molecule has 0 aliphatic rings. The first kappa shape index (κ1) is 14.0. The van der Waals surface area contributed by atoms with Gasteiger partial charge in [0.2, 0.25) is 0 Å². The maximum Gasteiger partial charge on any atom is 0.339 e. The lowest BCUT2D eigenvalue weighted by atomic mass is 9.98. The molecule has 0 amide bonds. The summed E-state index contributed by atoms with van der Waals surface area (Å²) in [6.07, 6.45) is -1.80. The van der Waals surface area contributed by atoms with Gasteiger partial charge in [0, 0.05) is 5.56 Å². The van der Waals surface area contributed by atoms with E-state index in [-0.39, 0.29) is 17.7 Å². The molecule has 0 saturated heterocycles. The van der Waals surface area contributed by atoms with E-state index in [0.717, 1.165) is 7.11 Å². The zero-order valence-corrected chi connectivity index (χ0v) is 10.0. The van der Waals surface area contributed by atoms with Gasteiger partial charge in [0.05, 0.1) is 20.6 Å². The van der Waals surface area contributed by atoms with Crippen LogP contribution in [-0.4, -0.2) is 36.4 Å². The minimum atomic E-state index is -1.64. The molecule has 1 aromatic rings. The lowest BCUT2D eigenvalue weighted by Crippen LogP contribution is -2.17. The lowest BCUT2D eigenvalue weighted by molar-refractivity contribution is -0.151. The number of methoxy groups -OCH3 is 2. The fourth-order valence-corrected chi connectivity index (χ4v) is 1.53. The number of aliphatic hydroxyl groups excluding tert-OH is 1. The second-order valence-corrected chi connectivity index (χ2v) is 3.53. The normalized spacial score (nSPS) is 11.7. The Hall–Kier alpha value is -2.08. The number of hydrogen-bond donors (Lipinski definition) is 2. The van der Waals surface area contributed by atoms with Gasteiger partial charge in [0.1, 0.15) is 5.75 Å². The predicted octanol–water partition coefficient (Wildman–Crippen LogP) is 0.314. The number of phenols is 1. The van der Waals surface area contributed by atoms with Gasteiger partial charge >= 0.3 is 11.9 Å². The number of benzene rings is 1. The van der Waals surface area contributed by atoms with Crippen LogP contribution in [0.2, 0.25) is 0 Å². The van der Waals surface area contributed by atoms with E-state index in [1.165, 1.54) is 25.3 Å². The summed E-state index contributed by atoms with van der Waals surface area (Å²) < 4.78 is 8.89. The molecule has 18 heavy (non-hydrogen) atoms. The molecule has 0 saturated carbocycles. The monoisotopic (exact) mass is 254 g/mol. The van der Waals surface area contributed by atoms with Gasteiger partial charge < -0.3 is 19.7 Å². The van der Waals surface area contributed by atoms with E-state index >= 15 is 0 Å². The number of rotatable bonds is 4. The molecule has 0 bridgehead atoms.